The van der Waals surface area contributed by atoms with Crippen LogP contribution in [-0.4, -0.2) is 51.8 Å². The number of para-hydroxylation sites is 1. The Hall–Kier alpha value is -2.32. The molecule has 0 aliphatic carbocycles. The zero-order valence-electron chi connectivity index (χ0n) is 15.3. The summed E-state index contributed by atoms with van der Waals surface area (Å²) in [4.78, 5) is 27.0. The molecule has 2 aliphatic rings. The number of nitrogens with zero attached hydrogens (tertiary/aromatic N) is 3. The van der Waals surface area contributed by atoms with Crippen molar-refractivity contribution in [2.45, 2.75) is 37.6 Å². The van der Waals surface area contributed by atoms with Crippen LogP contribution in [0.3, 0.4) is 0 Å². The fourth-order valence-electron chi connectivity index (χ4n) is 3.55. The van der Waals surface area contributed by atoms with Crippen LogP contribution in [-0.2, 0) is 25.8 Å². The van der Waals surface area contributed by atoms with Gasteiger partial charge in [0.2, 0.25) is 0 Å². The number of nitrogens with one attached hydrogen (secondary N) is 1. The number of carbonyl (C=O) groups excluding carboxylic acids is 2. The predicted molar refractivity (Wildman–Crippen MR) is 104 cm³/mol. The minimum absolute atomic E-state index is 0.0824. The summed E-state index contributed by atoms with van der Waals surface area (Å²) in [6.45, 7) is 4.65. The van der Waals surface area contributed by atoms with Crippen LogP contribution in [0, 0.1) is 0 Å². The summed E-state index contributed by atoms with van der Waals surface area (Å²) in [6, 6.07) is 9.63. The molecule has 142 valence electrons. The summed E-state index contributed by atoms with van der Waals surface area (Å²) in [6.07, 6.45) is -0.165. The van der Waals surface area contributed by atoms with E-state index in [-0.39, 0.29) is 12.2 Å². The van der Waals surface area contributed by atoms with Crippen molar-refractivity contribution < 1.29 is 14.3 Å². The number of anilines is 1. The maximum Gasteiger partial charge on any atom is 0.315 e. The van der Waals surface area contributed by atoms with Crippen molar-refractivity contribution in [3.8, 4) is 5.69 Å². The monoisotopic (exact) mass is 386 g/mol. The second-order valence-corrected chi connectivity index (χ2v) is 7.92. The van der Waals surface area contributed by atoms with E-state index in [0.29, 0.717) is 18.9 Å². The number of hydrogen-bond donors (Lipinski definition) is 1. The Morgan fingerprint density at radius 2 is 1.85 bits per heavy atom. The Balaban J connectivity index is 1.59. The first-order valence-corrected chi connectivity index (χ1v) is 10.2. The lowest BCUT2D eigenvalue weighted by Gasteiger charge is -2.34. The summed E-state index contributed by atoms with van der Waals surface area (Å²) in [5.41, 5.74) is 2.81. The quantitative estimate of drug-likeness (QED) is 0.801. The second kappa shape index (κ2) is 7.36. The predicted octanol–water partition coefficient (Wildman–Crippen LogP) is 2.19. The van der Waals surface area contributed by atoms with Crippen molar-refractivity contribution in [1.29, 1.82) is 0 Å². The Bertz CT molecular complexity index is 857. The molecule has 0 unspecified atom stereocenters. The van der Waals surface area contributed by atoms with Crippen LogP contribution in [0.4, 0.5) is 5.82 Å². The van der Waals surface area contributed by atoms with Gasteiger partial charge in [0, 0.05) is 30.2 Å². The molecule has 1 fully saturated rings. The van der Waals surface area contributed by atoms with Crippen molar-refractivity contribution in [1.82, 2.24) is 14.7 Å². The summed E-state index contributed by atoms with van der Waals surface area (Å²) in [5, 5.41) is 7.48. The highest BCUT2D eigenvalue weighted by Crippen LogP contribution is 2.36. The molecular weight excluding hydrogens is 364 g/mol. The van der Waals surface area contributed by atoms with E-state index in [1.165, 1.54) is 0 Å². The van der Waals surface area contributed by atoms with E-state index in [1.54, 1.807) is 21.3 Å². The van der Waals surface area contributed by atoms with Gasteiger partial charge in [0.05, 0.1) is 23.6 Å². The molecule has 0 bridgehead atoms. The largest absolute Gasteiger partial charge is 0.372 e. The first-order valence-electron chi connectivity index (χ1n) is 9.02. The van der Waals surface area contributed by atoms with Gasteiger partial charge in [-0.2, -0.15) is 16.9 Å². The lowest BCUT2D eigenvalue weighted by Crippen LogP contribution is -2.51. The lowest BCUT2D eigenvalue weighted by molar-refractivity contribution is -0.151. The van der Waals surface area contributed by atoms with Gasteiger partial charge in [0.25, 0.3) is 0 Å². The van der Waals surface area contributed by atoms with Gasteiger partial charge >= 0.3 is 11.8 Å². The van der Waals surface area contributed by atoms with Gasteiger partial charge in [-0.05, 0) is 26.0 Å². The van der Waals surface area contributed by atoms with Crippen molar-refractivity contribution in [3.05, 3.63) is 41.6 Å². The fourth-order valence-corrected chi connectivity index (χ4v) is 4.58. The number of benzene rings is 1. The van der Waals surface area contributed by atoms with Gasteiger partial charge < -0.3 is 15.0 Å². The van der Waals surface area contributed by atoms with Crippen molar-refractivity contribution >= 4 is 29.4 Å². The molecule has 4 rings (SSSR count). The summed E-state index contributed by atoms with van der Waals surface area (Å²) >= 11 is 1.75. The Labute approximate surface area is 162 Å². The van der Waals surface area contributed by atoms with Gasteiger partial charge in [-0.15, -0.1) is 0 Å². The van der Waals surface area contributed by atoms with Gasteiger partial charge in [-0.3, -0.25) is 9.59 Å². The normalized spacial score (nSPS) is 21.8. The van der Waals surface area contributed by atoms with E-state index < -0.39 is 11.8 Å². The molecule has 7 nitrogen and oxygen atoms in total. The second-order valence-electron chi connectivity index (χ2n) is 6.94. The molecule has 1 saturated heterocycles. The number of amides is 2. The topological polar surface area (TPSA) is 76.5 Å². The Kier molecular flexibility index (Phi) is 4.92. The van der Waals surface area contributed by atoms with Crippen LogP contribution in [0.5, 0.6) is 0 Å². The average molecular weight is 386 g/mol. The molecule has 2 aliphatic heterocycles. The van der Waals surface area contributed by atoms with E-state index in [1.807, 2.05) is 44.2 Å². The number of ether oxygens (including phenoxy) is 1. The molecule has 0 saturated carbocycles. The molecule has 1 N–H and O–H groups in total. The third-order valence-electron chi connectivity index (χ3n) is 4.69. The van der Waals surface area contributed by atoms with E-state index in [2.05, 4.69) is 10.4 Å². The smallest absolute Gasteiger partial charge is 0.315 e. The fraction of sp³-hybridized carbons (Fsp3) is 0.421. The maximum atomic E-state index is 12.7. The third kappa shape index (κ3) is 3.59. The molecular formula is C19H22N4O3S. The van der Waals surface area contributed by atoms with Gasteiger partial charge in [0.15, 0.2) is 0 Å². The number of morpholine rings is 1. The van der Waals surface area contributed by atoms with Crippen LogP contribution >= 0.6 is 11.8 Å². The van der Waals surface area contributed by atoms with Crippen LogP contribution in [0.25, 0.3) is 5.69 Å². The first-order chi connectivity index (χ1) is 13.0. The van der Waals surface area contributed by atoms with E-state index in [4.69, 9.17) is 4.74 Å². The third-order valence-corrected chi connectivity index (χ3v) is 5.66. The number of thioether (sulfide) groups is 1. The maximum absolute atomic E-state index is 12.7. The molecule has 8 heteroatoms. The van der Waals surface area contributed by atoms with Crippen LogP contribution in [0.2, 0.25) is 0 Å². The van der Waals surface area contributed by atoms with Crippen molar-refractivity contribution in [3.63, 3.8) is 0 Å². The zero-order valence-corrected chi connectivity index (χ0v) is 16.2. The van der Waals surface area contributed by atoms with E-state index in [0.717, 1.165) is 28.5 Å². The van der Waals surface area contributed by atoms with Crippen LogP contribution < -0.4 is 5.32 Å². The molecule has 0 radical (unpaired) electrons. The zero-order chi connectivity index (χ0) is 19.0. The molecule has 1 aromatic carbocycles. The number of aromatic nitrogens is 2. The minimum atomic E-state index is -0.631. The van der Waals surface area contributed by atoms with Crippen molar-refractivity contribution in [2.75, 3.05) is 18.4 Å². The molecule has 27 heavy (non-hydrogen) atoms. The standard InChI is InChI=1S/C19H22N4O3S/c1-12-8-22(9-13(2)26-12)19(25)18(24)20-17-15-10-27-11-16(15)21-23(17)14-6-4-3-5-7-14/h3-7,12-13H,8-11H2,1-2H3,(H,20,24)/t12-,13-/m0/s1. The molecule has 2 aromatic rings. The molecule has 2 atom stereocenters. The summed E-state index contributed by atoms with van der Waals surface area (Å²) < 4.78 is 7.37. The molecule has 2 amide bonds. The van der Waals surface area contributed by atoms with Gasteiger partial charge in [-0.1, -0.05) is 18.2 Å². The van der Waals surface area contributed by atoms with Gasteiger partial charge in [0.1, 0.15) is 5.82 Å². The summed E-state index contributed by atoms with van der Waals surface area (Å²) in [5.74, 6) is 1.02. The molecule has 0 spiro atoms. The highest BCUT2D eigenvalue weighted by molar-refractivity contribution is 7.98. The van der Waals surface area contributed by atoms with E-state index >= 15 is 0 Å². The SMILES string of the molecule is C[C@H]1CN(C(=O)C(=O)Nc2c3c(nn2-c2ccccc2)CSC3)C[C@H](C)O1. The Morgan fingerprint density at radius 3 is 2.56 bits per heavy atom. The highest BCUT2D eigenvalue weighted by atomic mass is 32.2. The van der Waals surface area contributed by atoms with Crippen LogP contribution in [0.15, 0.2) is 30.3 Å². The van der Waals surface area contributed by atoms with Crippen molar-refractivity contribution in [2.24, 2.45) is 0 Å². The van der Waals surface area contributed by atoms with Crippen LogP contribution in [0.1, 0.15) is 25.1 Å². The van der Waals surface area contributed by atoms with E-state index in [9.17, 15) is 9.59 Å². The summed E-state index contributed by atoms with van der Waals surface area (Å²) in [7, 11) is 0. The van der Waals surface area contributed by atoms with Gasteiger partial charge in [-0.25, -0.2) is 4.68 Å². The average Bonchev–Trinajstić information content (AvgIpc) is 3.23. The first kappa shape index (κ1) is 18.1. The molecule has 3 heterocycles. The highest BCUT2D eigenvalue weighted by Gasteiger charge is 2.32. The number of hydrogen-bond acceptors (Lipinski definition) is 5. The lowest BCUT2D eigenvalue weighted by atomic mass is 10.2. The molecule has 1 aromatic heterocycles. The Morgan fingerprint density at radius 1 is 1.15 bits per heavy atom. The minimum Gasteiger partial charge on any atom is -0.372 e. The number of rotatable bonds is 2. The number of carbonyl (C=O) groups is 2. The number of fused-ring (bicyclic) bond motifs is 1.